The highest BCUT2D eigenvalue weighted by molar-refractivity contribution is 5.94. The number of rotatable bonds is 4. The van der Waals surface area contributed by atoms with Gasteiger partial charge >= 0.3 is 0 Å². The highest BCUT2D eigenvalue weighted by atomic mass is 16.2. The average Bonchev–Trinajstić information content (AvgIpc) is 2.41. The summed E-state index contributed by atoms with van der Waals surface area (Å²) in [5, 5.41) is 0. The molecule has 0 fully saturated rings. The van der Waals surface area contributed by atoms with Crippen molar-refractivity contribution in [1.82, 2.24) is 9.88 Å². The molecule has 0 aliphatic heterocycles. The van der Waals surface area contributed by atoms with E-state index in [1.165, 1.54) is 0 Å². The molecule has 102 valence electrons. The monoisotopic (exact) mass is 259 g/mol. The van der Waals surface area contributed by atoms with Gasteiger partial charge in [0.05, 0.1) is 12.1 Å². The van der Waals surface area contributed by atoms with E-state index in [-0.39, 0.29) is 12.5 Å². The van der Waals surface area contributed by atoms with Gasteiger partial charge in [-0.3, -0.25) is 4.79 Å². The Labute approximate surface area is 115 Å². The molecule has 0 saturated heterocycles. The summed E-state index contributed by atoms with van der Waals surface area (Å²) in [5.74, 6) is 6.02. The number of aromatic nitrogens is 1. The van der Waals surface area contributed by atoms with Gasteiger partial charge in [-0.25, -0.2) is 4.98 Å². The Kier molecular flexibility index (Phi) is 6.04. The van der Waals surface area contributed by atoms with E-state index in [0.717, 1.165) is 6.54 Å². The highest BCUT2D eigenvalue weighted by Gasteiger charge is 2.18. The van der Waals surface area contributed by atoms with Gasteiger partial charge in [0.25, 0.3) is 5.91 Å². The van der Waals surface area contributed by atoms with Crippen molar-refractivity contribution in [2.45, 2.75) is 20.8 Å². The fourth-order valence-corrected chi connectivity index (χ4v) is 1.77. The Morgan fingerprint density at radius 1 is 1.53 bits per heavy atom. The molecular weight excluding hydrogens is 238 g/mol. The predicted molar refractivity (Wildman–Crippen MR) is 76.6 cm³/mol. The normalized spacial score (nSPS) is 9.95. The molecule has 0 aliphatic rings. The fourth-order valence-electron chi connectivity index (χ4n) is 1.77. The molecule has 0 saturated carbocycles. The van der Waals surface area contributed by atoms with Gasteiger partial charge in [-0.05, 0) is 25.0 Å². The molecule has 1 heterocycles. The maximum Gasteiger partial charge on any atom is 0.273 e. The van der Waals surface area contributed by atoms with E-state index in [2.05, 4.69) is 30.7 Å². The minimum atomic E-state index is -0.0712. The minimum absolute atomic E-state index is 0.0712. The van der Waals surface area contributed by atoms with Crippen molar-refractivity contribution < 1.29 is 4.79 Å². The van der Waals surface area contributed by atoms with Crippen LogP contribution in [0.1, 0.15) is 36.8 Å². The van der Waals surface area contributed by atoms with Crippen LogP contribution in [0.15, 0.2) is 18.3 Å². The molecule has 4 nitrogen and oxygen atoms in total. The lowest BCUT2D eigenvalue weighted by Crippen LogP contribution is -2.35. The maximum absolute atomic E-state index is 12.5. The lowest BCUT2D eigenvalue weighted by Gasteiger charge is -2.22. The van der Waals surface area contributed by atoms with Gasteiger partial charge in [-0.2, -0.15) is 0 Å². The van der Waals surface area contributed by atoms with Crippen LogP contribution in [0.4, 0.5) is 0 Å². The number of amides is 1. The summed E-state index contributed by atoms with van der Waals surface area (Å²) in [7, 11) is 0. The Balaban J connectivity index is 3.04. The van der Waals surface area contributed by atoms with Crippen molar-refractivity contribution in [2.75, 3.05) is 19.6 Å². The molecule has 1 aromatic rings. The second kappa shape index (κ2) is 7.55. The molecule has 0 unspecified atom stereocenters. The zero-order chi connectivity index (χ0) is 14.3. The molecule has 0 atom stereocenters. The molecule has 0 spiro atoms. The third kappa shape index (κ3) is 4.38. The summed E-state index contributed by atoms with van der Waals surface area (Å²) < 4.78 is 0. The standard InChI is InChI=1S/C15H21N3O/c1-4-18(11-12(2)3)15(19)14-13(7-5-9-16)8-6-10-17-14/h6,8,10,12H,4,9,11,16H2,1-3H3. The van der Waals surface area contributed by atoms with Gasteiger partial charge < -0.3 is 10.6 Å². The first-order valence-corrected chi connectivity index (χ1v) is 6.53. The average molecular weight is 259 g/mol. The van der Waals surface area contributed by atoms with Gasteiger partial charge in [0.2, 0.25) is 0 Å². The van der Waals surface area contributed by atoms with Crippen molar-refractivity contribution >= 4 is 5.91 Å². The molecule has 1 aromatic heterocycles. The molecular formula is C15H21N3O. The Morgan fingerprint density at radius 3 is 2.84 bits per heavy atom. The maximum atomic E-state index is 12.5. The smallest absolute Gasteiger partial charge is 0.273 e. The SMILES string of the molecule is CCN(CC(C)C)C(=O)c1ncccc1C#CCN. The van der Waals surface area contributed by atoms with E-state index < -0.39 is 0 Å². The molecule has 1 amide bonds. The van der Waals surface area contributed by atoms with Crippen LogP contribution >= 0.6 is 0 Å². The number of hydrogen-bond acceptors (Lipinski definition) is 3. The van der Waals surface area contributed by atoms with Crippen LogP contribution in [0.25, 0.3) is 0 Å². The first kappa shape index (κ1) is 15.2. The first-order chi connectivity index (χ1) is 9.10. The largest absolute Gasteiger partial charge is 0.337 e. The van der Waals surface area contributed by atoms with Crippen LogP contribution in [-0.4, -0.2) is 35.4 Å². The number of carbonyl (C=O) groups excluding carboxylic acids is 1. The molecule has 0 bridgehead atoms. The number of hydrogen-bond donors (Lipinski definition) is 1. The molecule has 19 heavy (non-hydrogen) atoms. The van der Waals surface area contributed by atoms with Crippen LogP contribution in [0.3, 0.4) is 0 Å². The molecule has 0 radical (unpaired) electrons. The van der Waals surface area contributed by atoms with E-state index in [1.807, 2.05) is 6.92 Å². The quantitative estimate of drug-likeness (QED) is 0.834. The summed E-state index contributed by atoms with van der Waals surface area (Å²) in [6, 6.07) is 3.57. The van der Waals surface area contributed by atoms with E-state index in [4.69, 9.17) is 5.73 Å². The third-order valence-electron chi connectivity index (χ3n) is 2.59. The highest BCUT2D eigenvalue weighted by Crippen LogP contribution is 2.09. The van der Waals surface area contributed by atoms with Gasteiger partial charge in [0.15, 0.2) is 0 Å². The number of pyridine rings is 1. The topological polar surface area (TPSA) is 59.2 Å². The van der Waals surface area contributed by atoms with Crippen LogP contribution in [0.5, 0.6) is 0 Å². The molecule has 0 aliphatic carbocycles. The van der Waals surface area contributed by atoms with Crippen molar-refractivity contribution in [1.29, 1.82) is 0 Å². The molecule has 1 rings (SSSR count). The molecule has 2 N–H and O–H groups in total. The Hall–Kier alpha value is -1.86. The van der Waals surface area contributed by atoms with Gasteiger partial charge in [-0.15, -0.1) is 0 Å². The van der Waals surface area contributed by atoms with E-state index in [1.54, 1.807) is 23.2 Å². The van der Waals surface area contributed by atoms with Crippen LogP contribution < -0.4 is 5.73 Å². The van der Waals surface area contributed by atoms with Crippen molar-refractivity contribution in [3.05, 3.63) is 29.6 Å². The van der Waals surface area contributed by atoms with Crippen molar-refractivity contribution in [3.63, 3.8) is 0 Å². The lowest BCUT2D eigenvalue weighted by molar-refractivity contribution is 0.0739. The lowest BCUT2D eigenvalue weighted by atomic mass is 10.1. The fraction of sp³-hybridized carbons (Fsp3) is 0.467. The summed E-state index contributed by atoms with van der Waals surface area (Å²) in [5.41, 5.74) is 6.41. The first-order valence-electron chi connectivity index (χ1n) is 6.53. The van der Waals surface area contributed by atoms with Gasteiger partial charge in [0.1, 0.15) is 5.69 Å². The van der Waals surface area contributed by atoms with Crippen molar-refractivity contribution in [3.8, 4) is 11.8 Å². The van der Waals surface area contributed by atoms with E-state index in [0.29, 0.717) is 23.7 Å². The summed E-state index contributed by atoms with van der Waals surface area (Å²) in [4.78, 5) is 18.4. The third-order valence-corrected chi connectivity index (χ3v) is 2.59. The summed E-state index contributed by atoms with van der Waals surface area (Å²) >= 11 is 0. The van der Waals surface area contributed by atoms with Crippen LogP contribution in [0, 0.1) is 17.8 Å². The van der Waals surface area contributed by atoms with Gasteiger partial charge in [-0.1, -0.05) is 25.7 Å². The minimum Gasteiger partial charge on any atom is -0.337 e. The number of carbonyl (C=O) groups is 1. The van der Waals surface area contributed by atoms with E-state index in [9.17, 15) is 4.79 Å². The Morgan fingerprint density at radius 2 is 2.26 bits per heavy atom. The molecule has 4 heteroatoms. The second-order valence-corrected chi connectivity index (χ2v) is 4.64. The van der Waals surface area contributed by atoms with Gasteiger partial charge in [0, 0.05) is 19.3 Å². The molecule has 0 aromatic carbocycles. The Bertz CT molecular complexity index is 486. The van der Waals surface area contributed by atoms with Crippen molar-refractivity contribution in [2.24, 2.45) is 11.7 Å². The van der Waals surface area contributed by atoms with Crippen LogP contribution in [0.2, 0.25) is 0 Å². The number of nitrogens with zero attached hydrogens (tertiary/aromatic N) is 2. The van der Waals surface area contributed by atoms with Crippen LogP contribution in [-0.2, 0) is 0 Å². The second-order valence-electron chi connectivity index (χ2n) is 4.64. The zero-order valence-corrected chi connectivity index (χ0v) is 11.8. The predicted octanol–water partition coefficient (Wildman–Crippen LogP) is 1.51. The van der Waals surface area contributed by atoms with E-state index >= 15 is 0 Å². The number of nitrogens with two attached hydrogens (primary N) is 1. The zero-order valence-electron chi connectivity index (χ0n) is 11.8. The summed E-state index contributed by atoms with van der Waals surface area (Å²) in [6.45, 7) is 7.79. The summed E-state index contributed by atoms with van der Waals surface area (Å²) in [6.07, 6.45) is 1.62.